The van der Waals surface area contributed by atoms with Gasteiger partial charge in [-0.05, 0) is 0 Å². The van der Waals surface area contributed by atoms with E-state index in [1.165, 1.54) is 0 Å². The van der Waals surface area contributed by atoms with Gasteiger partial charge in [0.25, 0.3) is 0 Å². The predicted molar refractivity (Wildman–Crippen MR) is 54.1 cm³/mol. The Morgan fingerprint density at radius 1 is 1.08 bits per heavy atom. The summed E-state index contributed by atoms with van der Waals surface area (Å²) in [6.45, 7) is 0. The standard InChI is InChI=1S/C7H4Cl3GeN/c8-11(9,10)7-3-1-6(5-12)2-4-7/h1-4H. The molecule has 0 aliphatic heterocycles. The predicted octanol–water partition coefficient (Wildman–Crippen LogP) is 2.42. The summed E-state index contributed by atoms with van der Waals surface area (Å²) in [6, 6.07) is 8.71. The van der Waals surface area contributed by atoms with Crippen molar-refractivity contribution in [2.75, 3.05) is 0 Å². The van der Waals surface area contributed by atoms with E-state index in [0.717, 1.165) is 4.40 Å². The topological polar surface area (TPSA) is 23.8 Å². The maximum atomic E-state index is 8.50. The van der Waals surface area contributed by atoms with E-state index in [4.69, 9.17) is 35.3 Å². The average Bonchev–Trinajstić information content (AvgIpc) is 2.03. The monoisotopic (exact) mass is 281 g/mol. The van der Waals surface area contributed by atoms with E-state index in [1.807, 2.05) is 6.07 Å². The Kier molecular flexibility index (Phi) is 3.31. The van der Waals surface area contributed by atoms with Gasteiger partial charge >= 0.3 is 86.1 Å². The summed E-state index contributed by atoms with van der Waals surface area (Å²) in [7, 11) is 14.1. The van der Waals surface area contributed by atoms with Crippen molar-refractivity contribution in [2.24, 2.45) is 0 Å². The Balaban J connectivity index is 3.02. The van der Waals surface area contributed by atoms with Crippen molar-refractivity contribution in [2.45, 2.75) is 0 Å². The van der Waals surface area contributed by atoms with Gasteiger partial charge in [-0.3, -0.25) is 0 Å². The molecule has 0 unspecified atom stereocenters. The zero-order valence-corrected chi connectivity index (χ0v) is 10.3. The van der Waals surface area contributed by atoms with Gasteiger partial charge in [-0.25, -0.2) is 0 Å². The summed E-state index contributed by atoms with van der Waals surface area (Å²) in [6.07, 6.45) is 0. The molecule has 1 nitrogen and oxygen atoms in total. The van der Waals surface area contributed by atoms with Crippen LogP contribution in [-0.2, 0) is 0 Å². The van der Waals surface area contributed by atoms with Crippen molar-refractivity contribution in [3.8, 4) is 6.07 Å². The van der Waals surface area contributed by atoms with Crippen LogP contribution in [0.1, 0.15) is 5.56 Å². The second kappa shape index (κ2) is 3.89. The summed E-state index contributed by atoms with van der Waals surface area (Å²) >= 11 is 0. The molecule has 12 heavy (non-hydrogen) atoms. The first-order valence-corrected chi connectivity index (χ1v) is 12.4. The van der Waals surface area contributed by atoms with Gasteiger partial charge in [-0.15, -0.1) is 0 Å². The molecule has 0 radical (unpaired) electrons. The van der Waals surface area contributed by atoms with Crippen molar-refractivity contribution in [1.82, 2.24) is 0 Å². The molecular weight excluding hydrogens is 277 g/mol. The number of halogens is 3. The fourth-order valence-electron chi connectivity index (χ4n) is 0.734. The number of nitriles is 1. The van der Waals surface area contributed by atoms with Crippen molar-refractivity contribution >= 4 is 44.9 Å². The van der Waals surface area contributed by atoms with Crippen LogP contribution in [-0.4, -0.2) is 10.5 Å². The number of hydrogen-bond acceptors (Lipinski definition) is 1. The molecule has 0 N–H and O–H groups in total. The molecule has 1 aromatic carbocycles. The van der Waals surface area contributed by atoms with Gasteiger partial charge in [0.05, 0.1) is 0 Å². The van der Waals surface area contributed by atoms with Crippen LogP contribution in [0.25, 0.3) is 0 Å². The fraction of sp³-hybridized carbons (Fsp3) is 0. The quantitative estimate of drug-likeness (QED) is 0.725. The van der Waals surface area contributed by atoms with Crippen LogP contribution in [0.5, 0.6) is 0 Å². The maximum absolute atomic E-state index is 8.50. The third-order valence-electron chi connectivity index (χ3n) is 1.34. The van der Waals surface area contributed by atoms with E-state index < -0.39 is 10.5 Å². The molecule has 0 saturated heterocycles. The summed E-state index contributed by atoms with van der Waals surface area (Å²) in [5.74, 6) is 0. The first-order chi connectivity index (χ1) is 5.54. The van der Waals surface area contributed by atoms with Crippen LogP contribution in [0.4, 0.5) is 0 Å². The van der Waals surface area contributed by atoms with Gasteiger partial charge in [0, 0.05) is 0 Å². The molecule has 0 aliphatic carbocycles. The second-order valence-electron chi connectivity index (χ2n) is 2.19. The summed E-state index contributed by atoms with van der Waals surface area (Å²) in [4.78, 5) is 0. The van der Waals surface area contributed by atoms with Crippen LogP contribution in [0.2, 0.25) is 0 Å². The molecule has 0 saturated carbocycles. The van der Waals surface area contributed by atoms with Crippen LogP contribution in [0, 0.1) is 11.3 Å². The molecular formula is C7H4Cl3GeN. The second-order valence-corrected chi connectivity index (χ2v) is 17.3. The van der Waals surface area contributed by atoms with E-state index in [1.54, 1.807) is 24.3 Å². The van der Waals surface area contributed by atoms with E-state index in [2.05, 4.69) is 0 Å². The summed E-state index contributed by atoms with van der Waals surface area (Å²) in [5, 5.41) is 8.50. The first kappa shape index (κ1) is 10.2. The van der Waals surface area contributed by atoms with Gasteiger partial charge in [-0.1, -0.05) is 0 Å². The van der Waals surface area contributed by atoms with Gasteiger partial charge in [0.2, 0.25) is 0 Å². The number of rotatable bonds is 1. The number of hydrogen-bond donors (Lipinski definition) is 0. The van der Waals surface area contributed by atoms with Crippen molar-refractivity contribution in [1.29, 1.82) is 5.26 Å². The summed E-state index contributed by atoms with van der Waals surface area (Å²) in [5.41, 5.74) is 0.579. The Hall–Kier alpha value is 0.123. The molecule has 0 aliphatic rings. The van der Waals surface area contributed by atoms with Gasteiger partial charge in [0.15, 0.2) is 0 Å². The van der Waals surface area contributed by atoms with E-state index in [9.17, 15) is 0 Å². The van der Waals surface area contributed by atoms with Crippen LogP contribution in [0.15, 0.2) is 24.3 Å². The normalized spacial score (nSPS) is 10.8. The molecule has 0 spiro atoms. The zero-order chi connectivity index (χ0) is 9.19. The van der Waals surface area contributed by atoms with E-state index in [-0.39, 0.29) is 0 Å². The molecule has 0 aromatic heterocycles. The van der Waals surface area contributed by atoms with Crippen molar-refractivity contribution in [3.63, 3.8) is 0 Å². The van der Waals surface area contributed by atoms with Gasteiger partial charge in [0.1, 0.15) is 0 Å². The molecule has 1 rings (SSSR count). The van der Waals surface area contributed by atoms with Gasteiger partial charge in [-0.2, -0.15) is 0 Å². The van der Waals surface area contributed by atoms with Crippen molar-refractivity contribution < 1.29 is 0 Å². The third-order valence-corrected chi connectivity index (χ3v) is 6.82. The zero-order valence-electron chi connectivity index (χ0n) is 5.89. The van der Waals surface area contributed by atoms with Crippen LogP contribution >= 0.6 is 30.0 Å². The SMILES string of the molecule is N#Cc1cc[c]([Ge]([Cl])([Cl])[Cl])cc1. The van der Waals surface area contributed by atoms with Gasteiger partial charge < -0.3 is 0 Å². The van der Waals surface area contributed by atoms with Crippen molar-refractivity contribution in [3.05, 3.63) is 29.8 Å². The molecule has 0 atom stereocenters. The molecule has 62 valence electrons. The minimum absolute atomic E-state index is 0.579. The summed E-state index contributed by atoms with van der Waals surface area (Å²) < 4.78 is 0.749. The Morgan fingerprint density at radius 2 is 1.58 bits per heavy atom. The Morgan fingerprint density at radius 3 is 1.92 bits per heavy atom. The Bertz CT molecular complexity index is 309. The Labute approximate surface area is 85.8 Å². The van der Waals surface area contributed by atoms with Crippen LogP contribution in [0.3, 0.4) is 0 Å². The molecule has 0 amide bonds. The molecule has 1 aromatic rings. The molecule has 0 heterocycles. The number of nitrogens with zero attached hydrogens (tertiary/aromatic N) is 1. The third kappa shape index (κ3) is 2.57. The minimum atomic E-state index is -3.24. The van der Waals surface area contributed by atoms with E-state index in [0.29, 0.717) is 5.56 Å². The molecule has 5 heteroatoms. The fourth-order valence-corrected chi connectivity index (χ4v) is 3.84. The molecule has 0 fully saturated rings. The van der Waals surface area contributed by atoms with Crippen LogP contribution < -0.4 is 4.40 Å². The molecule has 0 bridgehead atoms. The average molecular weight is 281 g/mol. The first-order valence-electron chi connectivity index (χ1n) is 3.11. The van der Waals surface area contributed by atoms with E-state index >= 15 is 0 Å². The number of benzene rings is 1.